The molecule has 0 spiro atoms. The molecule has 24 heavy (non-hydrogen) atoms. The fraction of sp³-hybridized carbons (Fsp3) is 0.611. The molecule has 1 aromatic heterocycles. The smallest absolute Gasteiger partial charge is 0.413 e. The summed E-state index contributed by atoms with van der Waals surface area (Å²) in [5.74, 6) is 0.553. The van der Waals surface area contributed by atoms with Gasteiger partial charge in [-0.1, -0.05) is 13.8 Å². The van der Waals surface area contributed by atoms with Gasteiger partial charge in [0.25, 0.3) is 0 Å². The maximum absolute atomic E-state index is 12.0. The summed E-state index contributed by atoms with van der Waals surface area (Å²) in [6, 6.07) is 1.89. The van der Waals surface area contributed by atoms with Crippen LogP contribution in [-0.2, 0) is 27.1 Å². The summed E-state index contributed by atoms with van der Waals surface area (Å²) in [4.78, 5) is 27.9. The van der Waals surface area contributed by atoms with Gasteiger partial charge in [0, 0.05) is 6.20 Å². The molecule has 1 heterocycles. The maximum atomic E-state index is 12.0. The molecule has 1 amide bonds. The molecule has 134 valence electrons. The van der Waals surface area contributed by atoms with Gasteiger partial charge in [-0.15, -0.1) is 0 Å². The molecule has 0 aliphatic rings. The van der Waals surface area contributed by atoms with Crippen LogP contribution in [0.4, 0.5) is 10.6 Å². The van der Waals surface area contributed by atoms with Crippen molar-refractivity contribution in [2.75, 3.05) is 11.9 Å². The van der Waals surface area contributed by atoms with Gasteiger partial charge in [0.15, 0.2) is 0 Å². The third kappa shape index (κ3) is 7.44. The van der Waals surface area contributed by atoms with E-state index in [-0.39, 0.29) is 12.4 Å². The second-order valence-corrected chi connectivity index (χ2v) is 7.06. The summed E-state index contributed by atoms with van der Waals surface area (Å²) in [5.41, 5.74) is 1.06. The summed E-state index contributed by atoms with van der Waals surface area (Å²) in [6.45, 7) is 11.7. The number of ether oxygens (including phenoxy) is 2. The Hall–Kier alpha value is -2.11. The van der Waals surface area contributed by atoms with Gasteiger partial charge in [-0.2, -0.15) is 0 Å². The number of amides is 1. The number of hydrogen-bond acceptors (Lipinski definition) is 5. The molecule has 0 aliphatic carbocycles. The van der Waals surface area contributed by atoms with Gasteiger partial charge in [0.1, 0.15) is 11.4 Å². The Morgan fingerprint density at radius 1 is 1.29 bits per heavy atom. The minimum atomic E-state index is -0.577. The third-order valence-corrected chi connectivity index (χ3v) is 2.92. The predicted molar refractivity (Wildman–Crippen MR) is 93.0 cm³/mol. The van der Waals surface area contributed by atoms with Crippen LogP contribution in [0.15, 0.2) is 12.3 Å². The minimum Gasteiger partial charge on any atom is -0.466 e. The van der Waals surface area contributed by atoms with E-state index in [1.807, 2.05) is 6.07 Å². The van der Waals surface area contributed by atoms with E-state index in [2.05, 4.69) is 24.1 Å². The molecule has 0 aliphatic heterocycles. The summed E-state index contributed by atoms with van der Waals surface area (Å²) < 4.78 is 10.2. The van der Waals surface area contributed by atoms with E-state index in [0.717, 1.165) is 17.5 Å². The van der Waals surface area contributed by atoms with E-state index in [9.17, 15) is 9.59 Å². The second kappa shape index (κ2) is 8.66. The Labute approximate surface area is 143 Å². The van der Waals surface area contributed by atoms with E-state index < -0.39 is 11.7 Å². The molecule has 1 rings (SSSR count). The van der Waals surface area contributed by atoms with Crippen molar-refractivity contribution < 1.29 is 19.1 Å². The standard InChI is InChI=1S/C18H28N2O4/c1-7-23-15(21)10-13-9-14(8-12(2)3)16(19-11-13)20-17(22)24-18(4,5)6/h9,11-12H,7-8,10H2,1-6H3,(H,19,20,22). The highest BCUT2D eigenvalue weighted by atomic mass is 16.6. The van der Waals surface area contributed by atoms with Gasteiger partial charge in [0.05, 0.1) is 13.0 Å². The molecule has 0 aromatic carbocycles. The normalized spacial score (nSPS) is 11.3. The lowest BCUT2D eigenvalue weighted by atomic mass is 10.0. The molecule has 1 aromatic rings. The van der Waals surface area contributed by atoms with Crippen molar-refractivity contribution in [3.8, 4) is 0 Å². The van der Waals surface area contributed by atoms with E-state index in [1.54, 1.807) is 33.9 Å². The largest absolute Gasteiger partial charge is 0.466 e. The Kier molecular flexibility index (Phi) is 7.19. The predicted octanol–water partition coefficient (Wildman–Crippen LogP) is 3.73. The SMILES string of the molecule is CCOC(=O)Cc1cnc(NC(=O)OC(C)(C)C)c(CC(C)C)c1. The number of hydrogen-bond donors (Lipinski definition) is 1. The van der Waals surface area contributed by atoms with Crippen LogP contribution in [-0.4, -0.2) is 29.3 Å². The van der Waals surface area contributed by atoms with E-state index in [4.69, 9.17) is 9.47 Å². The molecular weight excluding hydrogens is 308 g/mol. The molecule has 6 nitrogen and oxygen atoms in total. The first-order valence-corrected chi connectivity index (χ1v) is 8.24. The van der Waals surface area contributed by atoms with E-state index >= 15 is 0 Å². The van der Waals surface area contributed by atoms with Crippen molar-refractivity contribution in [2.24, 2.45) is 5.92 Å². The van der Waals surface area contributed by atoms with Gasteiger partial charge < -0.3 is 9.47 Å². The highest BCUT2D eigenvalue weighted by Crippen LogP contribution is 2.20. The average molecular weight is 336 g/mol. The Morgan fingerprint density at radius 3 is 2.50 bits per heavy atom. The quantitative estimate of drug-likeness (QED) is 0.801. The summed E-state index contributed by atoms with van der Waals surface area (Å²) in [6.07, 6.45) is 1.93. The van der Waals surface area contributed by atoms with Crippen LogP contribution in [0.5, 0.6) is 0 Å². The lowest BCUT2D eigenvalue weighted by molar-refractivity contribution is -0.142. The van der Waals surface area contributed by atoms with Gasteiger partial charge in [0.2, 0.25) is 0 Å². The Morgan fingerprint density at radius 2 is 1.96 bits per heavy atom. The number of rotatable bonds is 6. The molecule has 6 heteroatoms. The van der Waals surface area contributed by atoms with Crippen molar-refractivity contribution in [3.05, 3.63) is 23.4 Å². The maximum Gasteiger partial charge on any atom is 0.413 e. The van der Waals surface area contributed by atoms with Gasteiger partial charge in [-0.05, 0) is 57.2 Å². The lowest BCUT2D eigenvalue weighted by Crippen LogP contribution is -2.28. The average Bonchev–Trinajstić information content (AvgIpc) is 2.39. The van der Waals surface area contributed by atoms with Gasteiger partial charge in [-0.3, -0.25) is 10.1 Å². The van der Waals surface area contributed by atoms with E-state index in [1.165, 1.54) is 0 Å². The first-order chi connectivity index (χ1) is 11.1. The molecule has 0 atom stereocenters. The molecule has 1 N–H and O–H groups in total. The zero-order valence-electron chi connectivity index (χ0n) is 15.4. The third-order valence-electron chi connectivity index (χ3n) is 2.92. The van der Waals surface area contributed by atoms with Crippen LogP contribution < -0.4 is 5.32 Å². The molecule has 0 saturated carbocycles. The Balaban J connectivity index is 2.94. The first-order valence-electron chi connectivity index (χ1n) is 8.24. The van der Waals surface area contributed by atoms with Crippen molar-refractivity contribution in [1.82, 2.24) is 4.98 Å². The van der Waals surface area contributed by atoms with Crippen LogP contribution in [0.25, 0.3) is 0 Å². The molecule has 0 unspecified atom stereocenters. The number of anilines is 1. The van der Waals surface area contributed by atoms with Crippen LogP contribution in [0.2, 0.25) is 0 Å². The topological polar surface area (TPSA) is 77.5 Å². The number of esters is 1. The monoisotopic (exact) mass is 336 g/mol. The molecule has 0 radical (unpaired) electrons. The van der Waals surface area contributed by atoms with Crippen LogP contribution in [0.1, 0.15) is 52.7 Å². The van der Waals surface area contributed by atoms with Crippen molar-refractivity contribution in [2.45, 2.75) is 60.0 Å². The number of carbonyl (C=O) groups is 2. The fourth-order valence-corrected chi connectivity index (χ4v) is 2.14. The number of carbonyl (C=O) groups excluding carboxylic acids is 2. The van der Waals surface area contributed by atoms with Gasteiger partial charge >= 0.3 is 12.1 Å². The zero-order chi connectivity index (χ0) is 18.3. The number of aromatic nitrogens is 1. The van der Waals surface area contributed by atoms with E-state index in [0.29, 0.717) is 18.3 Å². The summed E-state index contributed by atoms with van der Waals surface area (Å²) in [7, 11) is 0. The second-order valence-electron chi connectivity index (χ2n) is 7.06. The lowest BCUT2D eigenvalue weighted by Gasteiger charge is -2.20. The number of pyridine rings is 1. The van der Waals surface area contributed by atoms with Crippen LogP contribution in [0.3, 0.4) is 0 Å². The van der Waals surface area contributed by atoms with Crippen LogP contribution in [0, 0.1) is 5.92 Å². The fourth-order valence-electron chi connectivity index (χ4n) is 2.14. The van der Waals surface area contributed by atoms with Gasteiger partial charge in [-0.25, -0.2) is 9.78 Å². The minimum absolute atomic E-state index is 0.165. The zero-order valence-corrected chi connectivity index (χ0v) is 15.4. The molecular formula is C18H28N2O4. The summed E-state index contributed by atoms with van der Waals surface area (Å²) in [5, 5.41) is 2.69. The van der Waals surface area contributed by atoms with Crippen molar-refractivity contribution in [1.29, 1.82) is 0 Å². The molecule has 0 fully saturated rings. The van der Waals surface area contributed by atoms with Crippen LogP contribution >= 0.6 is 0 Å². The highest BCUT2D eigenvalue weighted by Gasteiger charge is 2.18. The first kappa shape index (κ1) is 19.9. The van der Waals surface area contributed by atoms with Crippen molar-refractivity contribution in [3.63, 3.8) is 0 Å². The number of nitrogens with zero attached hydrogens (tertiary/aromatic N) is 1. The molecule has 0 saturated heterocycles. The highest BCUT2D eigenvalue weighted by molar-refractivity contribution is 5.84. The van der Waals surface area contributed by atoms with Crippen molar-refractivity contribution >= 4 is 17.9 Å². The number of nitrogens with one attached hydrogen (secondary N) is 1. The summed E-state index contributed by atoms with van der Waals surface area (Å²) >= 11 is 0. The Bertz CT molecular complexity index is 577. The molecule has 0 bridgehead atoms.